The lowest BCUT2D eigenvalue weighted by Gasteiger charge is -2.09. The van der Waals surface area contributed by atoms with E-state index in [4.69, 9.17) is 0 Å². The van der Waals surface area contributed by atoms with Crippen LogP contribution in [0.2, 0.25) is 0 Å². The number of rotatable bonds is 3. The summed E-state index contributed by atoms with van der Waals surface area (Å²) in [6, 6.07) is 0.599. The maximum Gasteiger partial charge on any atom is 0.00780 e. The Morgan fingerprint density at radius 3 is 2.40 bits per heavy atom. The zero-order valence-electron chi connectivity index (χ0n) is 6.67. The van der Waals surface area contributed by atoms with Crippen LogP contribution in [-0.4, -0.2) is 12.6 Å². The zero-order chi connectivity index (χ0) is 7.40. The highest BCUT2D eigenvalue weighted by Crippen LogP contribution is 2.06. The van der Waals surface area contributed by atoms with Crippen LogP contribution in [0.3, 0.4) is 0 Å². The van der Waals surface area contributed by atoms with E-state index in [0.29, 0.717) is 12.0 Å². The fourth-order valence-corrected chi connectivity index (χ4v) is 0.986. The van der Waals surface area contributed by atoms with Gasteiger partial charge in [-0.05, 0) is 0 Å². The normalized spacial score (nSPS) is 17.5. The van der Waals surface area contributed by atoms with Gasteiger partial charge in [-0.3, -0.25) is 0 Å². The van der Waals surface area contributed by atoms with E-state index in [9.17, 15) is 0 Å². The summed E-state index contributed by atoms with van der Waals surface area (Å²) in [5.74, 6) is 0.627. The Hall–Kier alpha value is -0.560. The van der Waals surface area contributed by atoms with Gasteiger partial charge in [0.2, 0.25) is 0 Å². The molecule has 0 saturated heterocycles. The average Bonchev–Trinajstić information content (AvgIpc) is 2.34. The first-order valence-corrected chi connectivity index (χ1v) is 3.87. The Labute approximate surface area is 62.8 Å². The van der Waals surface area contributed by atoms with Crippen LogP contribution >= 0.6 is 0 Å². The van der Waals surface area contributed by atoms with E-state index in [1.165, 1.54) is 0 Å². The standard InChI is InChI=1S/C9H15N/c1-8(2)10-7-9-5-3-4-6-9/h3-6,8-10H,7H2,1-2H3. The summed E-state index contributed by atoms with van der Waals surface area (Å²) in [6.07, 6.45) is 8.64. The molecular formula is C9H15N. The van der Waals surface area contributed by atoms with Gasteiger partial charge in [-0.1, -0.05) is 38.2 Å². The molecule has 1 N–H and O–H groups in total. The summed E-state index contributed by atoms with van der Waals surface area (Å²) in [5, 5.41) is 3.38. The van der Waals surface area contributed by atoms with Gasteiger partial charge in [-0.2, -0.15) is 0 Å². The molecule has 0 aromatic carbocycles. The largest absolute Gasteiger partial charge is 0.314 e. The predicted molar refractivity (Wildman–Crippen MR) is 44.9 cm³/mol. The Morgan fingerprint density at radius 2 is 1.90 bits per heavy atom. The molecule has 0 aliphatic heterocycles. The highest BCUT2D eigenvalue weighted by molar-refractivity contribution is 5.17. The minimum absolute atomic E-state index is 0.599. The first kappa shape index (κ1) is 7.55. The summed E-state index contributed by atoms with van der Waals surface area (Å²) in [7, 11) is 0. The second kappa shape index (κ2) is 3.57. The predicted octanol–water partition coefficient (Wildman–Crippen LogP) is 1.73. The SMILES string of the molecule is CC(C)NCC1C=CC=C1. The van der Waals surface area contributed by atoms with Gasteiger partial charge in [-0.25, -0.2) is 0 Å². The lowest BCUT2D eigenvalue weighted by molar-refractivity contribution is 0.557. The molecule has 0 fully saturated rings. The van der Waals surface area contributed by atoms with Gasteiger partial charge in [0, 0.05) is 18.5 Å². The second-order valence-electron chi connectivity index (χ2n) is 3.00. The molecule has 0 aromatic rings. The fourth-order valence-electron chi connectivity index (χ4n) is 0.986. The Kier molecular flexibility index (Phi) is 2.69. The molecule has 0 unspecified atom stereocenters. The topological polar surface area (TPSA) is 12.0 Å². The van der Waals surface area contributed by atoms with Crippen LogP contribution in [0.15, 0.2) is 24.3 Å². The van der Waals surface area contributed by atoms with Gasteiger partial charge in [0.05, 0.1) is 0 Å². The molecule has 56 valence electrons. The van der Waals surface area contributed by atoms with Crippen molar-refractivity contribution in [1.29, 1.82) is 0 Å². The van der Waals surface area contributed by atoms with Crippen molar-refractivity contribution in [3.05, 3.63) is 24.3 Å². The van der Waals surface area contributed by atoms with Gasteiger partial charge in [-0.15, -0.1) is 0 Å². The summed E-state index contributed by atoms with van der Waals surface area (Å²) in [6.45, 7) is 5.41. The molecule has 0 amide bonds. The van der Waals surface area contributed by atoms with Crippen molar-refractivity contribution in [2.24, 2.45) is 5.92 Å². The van der Waals surface area contributed by atoms with Crippen LogP contribution in [0.4, 0.5) is 0 Å². The smallest absolute Gasteiger partial charge is 0.00780 e. The van der Waals surface area contributed by atoms with Crippen molar-refractivity contribution in [1.82, 2.24) is 5.32 Å². The molecule has 0 radical (unpaired) electrons. The van der Waals surface area contributed by atoms with Crippen LogP contribution in [-0.2, 0) is 0 Å². The van der Waals surface area contributed by atoms with E-state index >= 15 is 0 Å². The fraction of sp³-hybridized carbons (Fsp3) is 0.556. The molecule has 1 aliphatic rings. The number of hydrogen-bond acceptors (Lipinski definition) is 1. The minimum Gasteiger partial charge on any atom is -0.314 e. The monoisotopic (exact) mass is 137 g/mol. The number of hydrogen-bond donors (Lipinski definition) is 1. The third-order valence-corrected chi connectivity index (χ3v) is 1.59. The Bertz CT molecular complexity index is 133. The molecule has 1 rings (SSSR count). The molecule has 1 heteroatoms. The Balaban J connectivity index is 2.14. The first-order chi connectivity index (χ1) is 4.79. The van der Waals surface area contributed by atoms with Crippen molar-refractivity contribution in [2.75, 3.05) is 6.54 Å². The van der Waals surface area contributed by atoms with Crippen molar-refractivity contribution in [3.63, 3.8) is 0 Å². The van der Waals surface area contributed by atoms with E-state index < -0.39 is 0 Å². The maximum atomic E-state index is 3.38. The quantitative estimate of drug-likeness (QED) is 0.624. The molecule has 0 spiro atoms. The molecule has 0 atom stereocenters. The van der Waals surface area contributed by atoms with Crippen molar-refractivity contribution < 1.29 is 0 Å². The van der Waals surface area contributed by atoms with Gasteiger partial charge >= 0.3 is 0 Å². The first-order valence-electron chi connectivity index (χ1n) is 3.87. The lowest BCUT2D eigenvalue weighted by atomic mass is 10.1. The highest BCUT2D eigenvalue weighted by Gasteiger charge is 2.02. The lowest BCUT2D eigenvalue weighted by Crippen LogP contribution is -2.27. The van der Waals surface area contributed by atoms with Crippen LogP contribution in [0, 0.1) is 5.92 Å². The third-order valence-electron chi connectivity index (χ3n) is 1.59. The second-order valence-corrected chi connectivity index (χ2v) is 3.00. The van der Waals surface area contributed by atoms with E-state index in [0.717, 1.165) is 6.54 Å². The van der Waals surface area contributed by atoms with Crippen LogP contribution in [0.1, 0.15) is 13.8 Å². The molecule has 1 nitrogen and oxygen atoms in total. The summed E-state index contributed by atoms with van der Waals surface area (Å²) in [4.78, 5) is 0. The van der Waals surface area contributed by atoms with Crippen LogP contribution in [0.25, 0.3) is 0 Å². The van der Waals surface area contributed by atoms with Gasteiger partial charge < -0.3 is 5.32 Å². The van der Waals surface area contributed by atoms with E-state index in [1.807, 2.05) is 0 Å². The summed E-state index contributed by atoms with van der Waals surface area (Å²) >= 11 is 0. The van der Waals surface area contributed by atoms with Crippen LogP contribution < -0.4 is 5.32 Å². The van der Waals surface area contributed by atoms with E-state index in [-0.39, 0.29) is 0 Å². The maximum absolute atomic E-state index is 3.38. The van der Waals surface area contributed by atoms with Gasteiger partial charge in [0.25, 0.3) is 0 Å². The minimum atomic E-state index is 0.599. The molecular weight excluding hydrogens is 122 g/mol. The van der Waals surface area contributed by atoms with Crippen LogP contribution in [0.5, 0.6) is 0 Å². The Morgan fingerprint density at radius 1 is 1.30 bits per heavy atom. The molecule has 0 heterocycles. The average molecular weight is 137 g/mol. The summed E-state index contributed by atoms with van der Waals surface area (Å²) in [5.41, 5.74) is 0. The highest BCUT2D eigenvalue weighted by atomic mass is 14.9. The third kappa shape index (κ3) is 2.36. The molecule has 10 heavy (non-hydrogen) atoms. The molecule has 0 bridgehead atoms. The van der Waals surface area contributed by atoms with Crippen molar-refractivity contribution >= 4 is 0 Å². The molecule has 0 aromatic heterocycles. The molecule has 1 aliphatic carbocycles. The van der Waals surface area contributed by atoms with Crippen molar-refractivity contribution in [3.8, 4) is 0 Å². The summed E-state index contributed by atoms with van der Waals surface area (Å²) < 4.78 is 0. The van der Waals surface area contributed by atoms with E-state index in [2.05, 4.69) is 43.5 Å². The molecule has 0 saturated carbocycles. The van der Waals surface area contributed by atoms with E-state index in [1.54, 1.807) is 0 Å². The van der Waals surface area contributed by atoms with Gasteiger partial charge in [0.1, 0.15) is 0 Å². The number of allylic oxidation sites excluding steroid dienone is 2. The zero-order valence-corrected chi connectivity index (χ0v) is 6.67. The number of nitrogens with one attached hydrogen (secondary N) is 1. The van der Waals surface area contributed by atoms with Crippen molar-refractivity contribution in [2.45, 2.75) is 19.9 Å². The van der Waals surface area contributed by atoms with Gasteiger partial charge in [0.15, 0.2) is 0 Å².